The SMILES string of the molecule is Cc1occc1-c1nnc(SCC(=O)NC(C)c2ccc(Cl)cc2Cl)n1C. The molecule has 142 valence electrons. The molecule has 1 aromatic carbocycles. The van der Waals surface area contributed by atoms with Crippen molar-refractivity contribution in [2.45, 2.75) is 25.0 Å². The highest BCUT2D eigenvalue weighted by molar-refractivity contribution is 7.99. The number of hydrogen-bond donors (Lipinski definition) is 1. The maximum absolute atomic E-state index is 12.3. The largest absolute Gasteiger partial charge is 0.469 e. The van der Waals surface area contributed by atoms with Gasteiger partial charge < -0.3 is 14.3 Å². The molecule has 0 spiro atoms. The zero-order valence-corrected chi connectivity index (χ0v) is 17.3. The third-order valence-corrected chi connectivity index (χ3v) is 5.66. The monoisotopic (exact) mass is 424 g/mol. The van der Waals surface area contributed by atoms with E-state index in [4.69, 9.17) is 27.6 Å². The number of thioether (sulfide) groups is 1. The molecule has 6 nitrogen and oxygen atoms in total. The number of carbonyl (C=O) groups excluding carboxylic acids is 1. The molecule has 9 heteroatoms. The second kappa shape index (κ2) is 8.37. The summed E-state index contributed by atoms with van der Waals surface area (Å²) in [5.74, 6) is 1.56. The van der Waals surface area contributed by atoms with Crippen molar-refractivity contribution in [2.24, 2.45) is 7.05 Å². The van der Waals surface area contributed by atoms with Gasteiger partial charge in [0.1, 0.15) is 5.76 Å². The van der Waals surface area contributed by atoms with Crippen LogP contribution in [0, 0.1) is 6.92 Å². The zero-order chi connectivity index (χ0) is 19.6. The number of aromatic nitrogens is 3. The van der Waals surface area contributed by atoms with Gasteiger partial charge in [-0.1, -0.05) is 41.0 Å². The van der Waals surface area contributed by atoms with Crippen LogP contribution in [0.3, 0.4) is 0 Å². The molecule has 1 atom stereocenters. The van der Waals surface area contributed by atoms with E-state index in [1.165, 1.54) is 11.8 Å². The molecular weight excluding hydrogens is 407 g/mol. The van der Waals surface area contributed by atoms with Gasteiger partial charge in [0.2, 0.25) is 5.91 Å². The average Bonchev–Trinajstić information content (AvgIpc) is 3.18. The summed E-state index contributed by atoms with van der Waals surface area (Å²) in [5, 5.41) is 13.0. The molecule has 3 aromatic rings. The Kier molecular flexibility index (Phi) is 6.14. The molecule has 27 heavy (non-hydrogen) atoms. The van der Waals surface area contributed by atoms with E-state index in [1.807, 2.05) is 37.6 Å². The number of halogens is 2. The van der Waals surface area contributed by atoms with Crippen LogP contribution in [0.1, 0.15) is 24.3 Å². The van der Waals surface area contributed by atoms with Gasteiger partial charge >= 0.3 is 0 Å². The van der Waals surface area contributed by atoms with E-state index in [1.54, 1.807) is 18.4 Å². The fourth-order valence-corrected chi connectivity index (χ4v) is 3.93. The average molecular weight is 425 g/mol. The molecule has 1 amide bonds. The van der Waals surface area contributed by atoms with Crippen LogP contribution >= 0.6 is 35.0 Å². The van der Waals surface area contributed by atoms with Crippen molar-refractivity contribution in [3.63, 3.8) is 0 Å². The van der Waals surface area contributed by atoms with Crippen LogP contribution < -0.4 is 5.32 Å². The van der Waals surface area contributed by atoms with Crippen LogP contribution in [0.5, 0.6) is 0 Å². The smallest absolute Gasteiger partial charge is 0.230 e. The number of hydrogen-bond acceptors (Lipinski definition) is 5. The maximum Gasteiger partial charge on any atom is 0.230 e. The summed E-state index contributed by atoms with van der Waals surface area (Å²) < 4.78 is 7.16. The van der Waals surface area contributed by atoms with Crippen molar-refractivity contribution >= 4 is 40.9 Å². The van der Waals surface area contributed by atoms with Crippen LogP contribution in [-0.4, -0.2) is 26.4 Å². The molecule has 0 aliphatic heterocycles. The number of carbonyl (C=O) groups is 1. The fourth-order valence-electron chi connectivity index (χ4n) is 2.64. The van der Waals surface area contributed by atoms with Crippen molar-refractivity contribution < 1.29 is 9.21 Å². The first-order valence-corrected chi connectivity index (χ1v) is 9.92. The Hall–Kier alpha value is -1.96. The van der Waals surface area contributed by atoms with Gasteiger partial charge in [0.05, 0.1) is 23.6 Å². The quantitative estimate of drug-likeness (QED) is 0.582. The predicted octanol–water partition coefficient (Wildman–Crippen LogP) is 4.66. The standard InChI is InChI=1S/C18H18Cl2N4O2S/c1-10(13-5-4-12(19)8-15(13)20)21-16(25)9-27-18-23-22-17(24(18)3)14-6-7-26-11(14)2/h4-8,10H,9H2,1-3H3,(H,21,25). The molecule has 0 saturated heterocycles. The van der Waals surface area contributed by atoms with E-state index in [0.717, 1.165) is 16.9 Å². The number of aryl methyl sites for hydroxylation is 1. The molecule has 3 rings (SSSR count). The first-order valence-electron chi connectivity index (χ1n) is 8.17. The molecule has 1 N–H and O–H groups in total. The lowest BCUT2D eigenvalue weighted by molar-refractivity contribution is -0.119. The molecular formula is C18H18Cl2N4O2S. The van der Waals surface area contributed by atoms with Gasteiger partial charge in [0, 0.05) is 17.1 Å². The molecule has 0 fully saturated rings. The lowest BCUT2D eigenvalue weighted by atomic mass is 10.1. The highest BCUT2D eigenvalue weighted by Crippen LogP contribution is 2.27. The van der Waals surface area contributed by atoms with Gasteiger partial charge in [-0.05, 0) is 37.6 Å². The molecule has 0 aliphatic carbocycles. The first-order chi connectivity index (χ1) is 12.9. The number of amides is 1. The van der Waals surface area contributed by atoms with Crippen molar-refractivity contribution in [2.75, 3.05) is 5.75 Å². The van der Waals surface area contributed by atoms with E-state index in [2.05, 4.69) is 15.5 Å². The van der Waals surface area contributed by atoms with E-state index in [0.29, 0.717) is 21.0 Å². The van der Waals surface area contributed by atoms with Crippen molar-refractivity contribution in [1.82, 2.24) is 20.1 Å². The minimum absolute atomic E-state index is 0.123. The zero-order valence-electron chi connectivity index (χ0n) is 15.0. The fraction of sp³-hybridized carbons (Fsp3) is 0.278. The van der Waals surface area contributed by atoms with E-state index < -0.39 is 0 Å². The normalized spacial score (nSPS) is 12.2. The topological polar surface area (TPSA) is 72.9 Å². The second-order valence-electron chi connectivity index (χ2n) is 6.00. The summed E-state index contributed by atoms with van der Waals surface area (Å²) in [5.41, 5.74) is 1.70. The molecule has 0 aliphatic rings. The van der Waals surface area contributed by atoms with Gasteiger partial charge in [-0.3, -0.25) is 4.79 Å². The first kappa shape index (κ1) is 19.8. The molecule has 0 saturated carbocycles. The third-order valence-electron chi connectivity index (χ3n) is 4.07. The van der Waals surface area contributed by atoms with Gasteiger partial charge in [0.25, 0.3) is 0 Å². The number of furan rings is 1. The summed E-state index contributed by atoms with van der Waals surface area (Å²) >= 11 is 13.4. The summed E-state index contributed by atoms with van der Waals surface area (Å²) in [6.07, 6.45) is 1.61. The lowest BCUT2D eigenvalue weighted by Crippen LogP contribution is -2.28. The number of rotatable bonds is 6. The molecule has 0 radical (unpaired) electrons. The van der Waals surface area contributed by atoms with Crippen molar-refractivity contribution in [1.29, 1.82) is 0 Å². The minimum atomic E-state index is -0.230. The van der Waals surface area contributed by atoms with Crippen molar-refractivity contribution in [3.8, 4) is 11.4 Å². The van der Waals surface area contributed by atoms with Gasteiger partial charge in [-0.25, -0.2) is 0 Å². The highest BCUT2D eigenvalue weighted by Gasteiger charge is 2.17. The Labute approximate surface area is 171 Å². The predicted molar refractivity (Wildman–Crippen MR) is 107 cm³/mol. The summed E-state index contributed by atoms with van der Waals surface area (Å²) in [4.78, 5) is 12.3. The molecule has 2 aromatic heterocycles. The summed E-state index contributed by atoms with van der Waals surface area (Å²) in [7, 11) is 1.86. The third kappa shape index (κ3) is 4.48. The lowest BCUT2D eigenvalue weighted by Gasteiger charge is -2.15. The molecule has 2 heterocycles. The van der Waals surface area contributed by atoms with E-state index in [9.17, 15) is 4.79 Å². The minimum Gasteiger partial charge on any atom is -0.469 e. The number of nitrogens with one attached hydrogen (secondary N) is 1. The van der Waals surface area contributed by atoms with Crippen LogP contribution in [0.4, 0.5) is 0 Å². The molecule has 1 unspecified atom stereocenters. The Morgan fingerprint density at radius 3 is 2.78 bits per heavy atom. The summed E-state index contributed by atoms with van der Waals surface area (Å²) in [6, 6.07) is 6.84. The van der Waals surface area contributed by atoms with E-state index in [-0.39, 0.29) is 17.7 Å². The van der Waals surface area contributed by atoms with Gasteiger partial charge in [-0.2, -0.15) is 0 Å². The van der Waals surface area contributed by atoms with Crippen molar-refractivity contribution in [3.05, 3.63) is 51.9 Å². The van der Waals surface area contributed by atoms with Crippen LogP contribution in [0.15, 0.2) is 40.1 Å². The van der Waals surface area contributed by atoms with Gasteiger partial charge in [0.15, 0.2) is 11.0 Å². The Morgan fingerprint density at radius 2 is 2.11 bits per heavy atom. The maximum atomic E-state index is 12.3. The van der Waals surface area contributed by atoms with Crippen LogP contribution in [0.2, 0.25) is 10.0 Å². The van der Waals surface area contributed by atoms with Crippen LogP contribution in [0.25, 0.3) is 11.4 Å². The Morgan fingerprint density at radius 1 is 1.33 bits per heavy atom. The number of nitrogens with zero attached hydrogens (tertiary/aromatic N) is 3. The Balaban J connectivity index is 1.61. The van der Waals surface area contributed by atoms with Crippen LogP contribution in [-0.2, 0) is 11.8 Å². The summed E-state index contributed by atoms with van der Waals surface area (Å²) in [6.45, 7) is 3.74. The van der Waals surface area contributed by atoms with E-state index >= 15 is 0 Å². The second-order valence-corrected chi connectivity index (χ2v) is 7.79. The Bertz CT molecular complexity index is 970. The van der Waals surface area contributed by atoms with Gasteiger partial charge in [-0.15, -0.1) is 10.2 Å². The number of benzene rings is 1. The molecule has 0 bridgehead atoms. The highest BCUT2D eigenvalue weighted by atomic mass is 35.5.